The van der Waals surface area contributed by atoms with Crippen LogP contribution in [0.1, 0.15) is 16.2 Å². The van der Waals surface area contributed by atoms with E-state index in [0.717, 1.165) is 4.68 Å². The van der Waals surface area contributed by atoms with Gasteiger partial charge in [0, 0.05) is 18.8 Å². The summed E-state index contributed by atoms with van der Waals surface area (Å²) in [4.78, 5) is 22.5. The predicted octanol–water partition coefficient (Wildman–Crippen LogP) is 1.59. The highest BCUT2D eigenvalue weighted by atomic mass is 16.6. The molecule has 2 aromatic rings. The monoisotopic (exact) mass is 276 g/mol. The second-order valence-electron chi connectivity index (χ2n) is 4.17. The molecule has 2 N–H and O–H groups in total. The van der Waals surface area contributed by atoms with Gasteiger partial charge >= 0.3 is 5.69 Å². The van der Waals surface area contributed by atoms with Crippen LogP contribution in [0, 0.1) is 17.0 Å². The summed E-state index contributed by atoms with van der Waals surface area (Å²) in [7, 11) is 1.46. The van der Waals surface area contributed by atoms with Crippen LogP contribution in [0.2, 0.25) is 0 Å². The minimum atomic E-state index is -0.662. The van der Waals surface area contributed by atoms with Gasteiger partial charge in [-0.05, 0) is 19.1 Å². The second kappa shape index (κ2) is 5.00. The molecule has 0 aliphatic heterocycles. The molecule has 20 heavy (non-hydrogen) atoms. The fourth-order valence-electron chi connectivity index (χ4n) is 1.89. The van der Waals surface area contributed by atoms with Gasteiger partial charge in [-0.25, -0.2) is 0 Å². The van der Waals surface area contributed by atoms with E-state index in [-0.39, 0.29) is 22.8 Å². The van der Waals surface area contributed by atoms with Gasteiger partial charge in [-0.1, -0.05) is 6.07 Å². The average Bonchev–Trinajstić information content (AvgIpc) is 2.64. The first-order chi connectivity index (χ1) is 9.40. The third kappa shape index (κ3) is 2.44. The van der Waals surface area contributed by atoms with E-state index in [1.165, 1.54) is 26.1 Å². The Kier molecular flexibility index (Phi) is 3.38. The number of nitro groups is 1. The van der Waals surface area contributed by atoms with E-state index < -0.39 is 10.8 Å². The number of hydrogen-bond donors (Lipinski definition) is 2. The zero-order valence-corrected chi connectivity index (χ0v) is 10.8. The molecule has 1 aromatic heterocycles. The Labute approximate surface area is 113 Å². The average molecular weight is 276 g/mol. The fourth-order valence-corrected chi connectivity index (χ4v) is 1.89. The molecule has 104 valence electrons. The van der Waals surface area contributed by atoms with Gasteiger partial charge in [0.05, 0.1) is 4.92 Å². The van der Waals surface area contributed by atoms with Crippen molar-refractivity contribution in [2.24, 2.45) is 7.05 Å². The molecule has 0 bridgehead atoms. The molecular formula is C12H12N4O4. The van der Waals surface area contributed by atoms with E-state index in [1.54, 1.807) is 12.1 Å². The number of aromatic nitrogens is 2. The highest BCUT2D eigenvalue weighted by molar-refractivity contribution is 6.06. The number of anilines is 1. The van der Waals surface area contributed by atoms with Crippen LogP contribution in [-0.2, 0) is 7.05 Å². The van der Waals surface area contributed by atoms with E-state index in [2.05, 4.69) is 10.4 Å². The van der Waals surface area contributed by atoms with Gasteiger partial charge < -0.3 is 10.4 Å². The number of hydrogen-bond acceptors (Lipinski definition) is 5. The quantitative estimate of drug-likeness (QED) is 0.653. The standard InChI is InChI=1S/C12H12N4O4/c1-7-10(16(19)20)11(15(2)14-7)12(18)13-8-4-3-5-9(17)6-8/h3-6,17H,1-2H3,(H,13,18). The molecule has 0 unspecified atom stereocenters. The van der Waals surface area contributed by atoms with Gasteiger partial charge in [0.2, 0.25) is 5.69 Å². The second-order valence-corrected chi connectivity index (χ2v) is 4.17. The first kappa shape index (κ1) is 13.5. The number of amides is 1. The van der Waals surface area contributed by atoms with Crippen LogP contribution in [0.5, 0.6) is 5.75 Å². The number of phenols is 1. The largest absolute Gasteiger partial charge is 0.508 e. The maximum Gasteiger partial charge on any atom is 0.322 e. The number of nitrogens with zero attached hydrogens (tertiary/aromatic N) is 3. The van der Waals surface area contributed by atoms with Crippen molar-refractivity contribution in [1.82, 2.24) is 9.78 Å². The van der Waals surface area contributed by atoms with Gasteiger partial charge in [-0.2, -0.15) is 5.10 Å². The predicted molar refractivity (Wildman–Crippen MR) is 70.7 cm³/mol. The summed E-state index contributed by atoms with van der Waals surface area (Å²) in [5.74, 6) is -0.677. The first-order valence-corrected chi connectivity index (χ1v) is 5.68. The lowest BCUT2D eigenvalue weighted by atomic mass is 10.2. The summed E-state index contributed by atoms with van der Waals surface area (Å²) in [6, 6.07) is 5.90. The topological polar surface area (TPSA) is 110 Å². The zero-order chi connectivity index (χ0) is 14.9. The zero-order valence-electron chi connectivity index (χ0n) is 10.8. The number of carbonyl (C=O) groups excluding carboxylic acids is 1. The van der Waals surface area contributed by atoms with Crippen molar-refractivity contribution in [2.45, 2.75) is 6.92 Å². The maximum atomic E-state index is 12.1. The van der Waals surface area contributed by atoms with E-state index in [9.17, 15) is 20.0 Å². The number of carbonyl (C=O) groups is 1. The number of aryl methyl sites for hydroxylation is 2. The van der Waals surface area contributed by atoms with Gasteiger partial charge in [-0.3, -0.25) is 19.6 Å². The van der Waals surface area contributed by atoms with Crippen LogP contribution in [0.3, 0.4) is 0 Å². The molecule has 8 heteroatoms. The summed E-state index contributed by atoms with van der Waals surface area (Å²) >= 11 is 0. The lowest BCUT2D eigenvalue weighted by Gasteiger charge is -2.05. The molecule has 0 aliphatic carbocycles. The van der Waals surface area contributed by atoms with Crippen molar-refractivity contribution in [3.63, 3.8) is 0 Å². The fraction of sp³-hybridized carbons (Fsp3) is 0.167. The van der Waals surface area contributed by atoms with Gasteiger partial charge in [-0.15, -0.1) is 0 Å². The number of aromatic hydroxyl groups is 1. The van der Waals surface area contributed by atoms with Gasteiger partial charge in [0.25, 0.3) is 5.91 Å². The Balaban J connectivity index is 2.37. The molecule has 0 atom stereocenters. The smallest absolute Gasteiger partial charge is 0.322 e. The highest BCUT2D eigenvalue weighted by Gasteiger charge is 2.29. The summed E-state index contributed by atoms with van der Waals surface area (Å²) in [6.07, 6.45) is 0. The molecule has 0 aliphatic rings. The molecule has 0 radical (unpaired) electrons. The van der Waals surface area contributed by atoms with Crippen LogP contribution in [0.15, 0.2) is 24.3 Å². The molecule has 1 heterocycles. The van der Waals surface area contributed by atoms with Crippen LogP contribution < -0.4 is 5.32 Å². The van der Waals surface area contributed by atoms with E-state index in [0.29, 0.717) is 5.69 Å². The number of rotatable bonds is 3. The third-order valence-electron chi connectivity index (χ3n) is 2.69. The van der Waals surface area contributed by atoms with Crippen molar-refractivity contribution in [2.75, 3.05) is 5.32 Å². The Bertz CT molecular complexity index is 693. The molecule has 1 amide bonds. The molecular weight excluding hydrogens is 264 g/mol. The lowest BCUT2D eigenvalue weighted by Crippen LogP contribution is -2.17. The van der Waals surface area contributed by atoms with Crippen LogP contribution >= 0.6 is 0 Å². The maximum absolute atomic E-state index is 12.1. The van der Waals surface area contributed by atoms with Crippen LogP contribution in [0.4, 0.5) is 11.4 Å². The summed E-state index contributed by atoms with van der Waals surface area (Å²) in [6.45, 7) is 1.46. The van der Waals surface area contributed by atoms with Crippen molar-refractivity contribution in [1.29, 1.82) is 0 Å². The SMILES string of the molecule is Cc1nn(C)c(C(=O)Nc2cccc(O)c2)c1[N+](=O)[O-]. The highest BCUT2D eigenvalue weighted by Crippen LogP contribution is 2.24. The summed E-state index contributed by atoms with van der Waals surface area (Å²) < 4.78 is 1.16. The molecule has 0 saturated carbocycles. The number of benzene rings is 1. The Morgan fingerprint density at radius 1 is 1.50 bits per heavy atom. The molecule has 0 saturated heterocycles. The van der Waals surface area contributed by atoms with Crippen molar-refractivity contribution >= 4 is 17.3 Å². The number of nitrogens with one attached hydrogen (secondary N) is 1. The van der Waals surface area contributed by atoms with Gasteiger partial charge in [0.1, 0.15) is 11.4 Å². The minimum Gasteiger partial charge on any atom is -0.508 e. The molecule has 0 fully saturated rings. The van der Waals surface area contributed by atoms with Gasteiger partial charge in [0.15, 0.2) is 0 Å². The van der Waals surface area contributed by atoms with E-state index >= 15 is 0 Å². The number of phenolic OH excluding ortho intramolecular Hbond substituents is 1. The lowest BCUT2D eigenvalue weighted by molar-refractivity contribution is -0.385. The molecule has 1 aromatic carbocycles. The Hall–Kier alpha value is -2.90. The molecule has 8 nitrogen and oxygen atoms in total. The van der Waals surface area contributed by atoms with Crippen molar-refractivity contribution < 1.29 is 14.8 Å². The normalized spacial score (nSPS) is 10.3. The van der Waals surface area contributed by atoms with E-state index in [4.69, 9.17) is 0 Å². The summed E-state index contributed by atoms with van der Waals surface area (Å²) in [5, 5.41) is 26.7. The molecule has 0 spiro atoms. The summed E-state index contributed by atoms with van der Waals surface area (Å²) in [5.41, 5.74) is 0.0303. The van der Waals surface area contributed by atoms with E-state index in [1.807, 2.05) is 0 Å². The van der Waals surface area contributed by atoms with Crippen molar-refractivity contribution in [3.8, 4) is 5.75 Å². The van der Waals surface area contributed by atoms with Crippen molar-refractivity contribution in [3.05, 3.63) is 45.8 Å². The Morgan fingerprint density at radius 2 is 2.20 bits per heavy atom. The first-order valence-electron chi connectivity index (χ1n) is 5.68. The minimum absolute atomic E-state index is 0.0153. The molecule has 2 rings (SSSR count). The third-order valence-corrected chi connectivity index (χ3v) is 2.69. The Morgan fingerprint density at radius 3 is 2.80 bits per heavy atom. The van der Waals surface area contributed by atoms with Crippen LogP contribution in [-0.4, -0.2) is 25.7 Å². The van der Waals surface area contributed by atoms with Crippen LogP contribution in [0.25, 0.3) is 0 Å².